The van der Waals surface area contributed by atoms with Crippen LogP contribution in [-0.2, 0) is 16.0 Å². The zero-order valence-electron chi connectivity index (χ0n) is 11.2. The molecule has 0 saturated carbocycles. The standard InChI is InChI=1S/C15H21NO2/c1-13-4-6-14(7-5-13)12-15(8-3-10-17)16(2)9-11-18-15/h4-7,10H,3,8-9,11-12H2,1-2H3. The molecule has 2 rings (SSSR count). The summed E-state index contributed by atoms with van der Waals surface area (Å²) in [5.41, 5.74) is 2.23. The molecule has 0 N–H and O–H groups in total. The predicted molar refractivity (Wildman–Crippen MR) is 71.5 cm³/mol. The summed E-state index contributed by atoms with van der Waals surface area (Å²) in [4.78, 5) is 12.9. The lowest BCUT2D eigenvalue weighted by Gasteiger charge is -2.34. The van der Waals surface area contributed by atoms with E-state index in [1.807, 2.05) is 0 Å². The molecule has 18 heavy (non-hydrogen) atoms. The predicted octanol–water partition coefficient (Wildman–Crippen LogP) is 2.17. The fourth-order valence-electron chi connectivity index (χ4n) is 2.53. The van der Waals surface area contributed by atoms with Crippen LogP contribution in [0.4, 0.5) is 0 Å². The van der Waals surface area contributed by atoms with Crippen LogP contribution in [0.15, 0.2) is 24.3 Å². The molecule has 1 aromatic carbocycles. The lowest BCUT2D eigenvalue weighted by molar-refractivity contribution is -0.112. The zero-order chi connectivity index (χ0) is 13.0. The summed E-state index contributed by atoms with van der Waals surface area (Å²) in [6.07, 6.45) is 3.14. The maximum absolute atomic E-state index is 10.6. The molecule has 3 nitrogen and oxygen atoms in total. The van der Waals surface area contributed by atoms with Crippen LogP contribution in [0.5, 0.6) is 0 Å². The number of likely N-dealkylation sites (N-methyl/N-ethyl adjacent to an activating group) is 1. The number of benzene rings is 1. The maximum atomic E-state index is 10.6. The van der Waals surface area contributed by atoms with Crippen molar-refractivity contribution in [3.63, 3.8) is 0 Å². The van der Waals surface area contributed by atoms with Gasteiger partial charge in [-0.05, 0) is 26.0 Å². The van der Waals surface area contributed by atoms with Crippen LogP contribution in [-0.4, -0.2) is 37.1 Å². The minimum absolute atomic E-state index is 0.295. The quantitative estimate of drug-likeness (QED) is 0.747. The SMILES string of the molecule is Cc1ccc(CC2(CCC=O)OCCN2C)cc1. The molecule has 0 aromatic heterocycles. The van der Waals surface area contributed by atoms with Gasteiger partial charge in [-0.1, -0.05) is 29.8 Å². The van der Waals surface area contributed by atoms with Crippen molar-refractivity contribution < 1.29 is 9.53 Å². The van der Waals surface area contributed by atoms with E-state index in [2.05, 4.69) is 43.1 Å². The molecule has 1 heterocycles. The summed E-state index contributed by atoms with van der Waals surface area (Å²) in [5.74, 6) is 0. The van der Waals surface area contributed by atoms with Gasteiger partial charge in [0.1, 0.15) is 12.0 Å². The third-order valence-electron chi connectivity index (χ3n) is 3.75. The van der Waals surface area contributed by atoms with Gasteiger partial charge in [-0.3, -0.25) is 4.90 Å². The molecule has 98 valence electrons. The highest BCUT2D eigenvalue weighted by Gasteiger charge is 2.39. The first kappa shape index (κ1) is 13.2. The number of aryl methyl sites for hydroxylation is 1. The second-order valence-corrected chi connectivity index (χ2v) is 5.08. The molecule has 0 aliphatic carbocycles. The Morgan fingerprint density at radius 3 is 2.67 bits per heavy atom. The van der Waals surface area contributed by atoms with Crippen molar-refractivity contribution >= 4 is 6.29 Å². The molecule has 0 spiro atoms. The van der Waals surface area contributed by atoms with Gasteiger partial charge in [0.05, 0.1) is 6.61 Å². The molecule has 0 radical (unpaired) electrons. The number of nitrogens with zero attached hydrogens (tertiary/aromatic N) is 1. The van der Waals surface area contributed by atoms with E-state index in [0.717, 1.165) is 32.3 Å². The second-order valence-electron chi connectivity index (χ2n) is 5.08. The summed E-state index contributed by atoms with van der Waals surface area (Å²) < 4.78 is 5.96. The van der Waals surface area contributed by atoms with Crippen molar-refractivity contribution in [1.29, 1.82) is 0 Å². The van der Waals surface area contributed by atoms with Gasteiger partial charge in [0, 0.05) is 19.4 Å². The topological polar surface area (TPSA) is 29.5 Å². The van der Waals surface area contributed by atoms with E-state index in [9.17, 15) is 4.79 Å². The minimum Gasteiger partial charge on any atom is -0.359 e. The molecule has 1 aromatic rings. The van der Waals surface area contributed by atoms with Gasteiger partial charge in [0.25, 0.3) is 0 Å². The van der Waals surface area contributed by atoms with Gasteiger partial charge in [-0.25, -0.2) is 0 Å². The third kappa shape index (κ3) is 2.79. The van der Waals surface area contributed by atoms with E-state index >= 15 is 0 Å². The van der Waals surface area contributed by atoms with Gasteiger partial charge in [-0.15, -0.1) is 0 Å². The number of ether oxygens (including phenoxy) is 1. The maximum Gasteiger partial charge on any atom is 0.126 e. The molecule has 0 bridgehead atoms. The van der Waals surface area contributed by atoms with Crippen LogP contribution < -0.4 is 0 Å². The molecular formula is C15H21NO2. The summed E-state index contributed by atoms with van der Waals surface area (Å²) in [6, 6.07) is 8.54. The largest absolute Gasteiger partial charge is 0.359 e. The van der Waals surface area contributed by atoms with E-state index in [1.54, 1.807) is 0 Å². The van der Waals surface area contributed by atoms with Crippen molar-refractivity contribution in [2.75, 3.05) is 20.2 Å². The summed E-state index contributed by atoms with van der Waals surface area (Å²) in [7, 11) is 2.08. The summed E-state index contributed by atoms with van der Waals surface area (Å²) >= 11 is 0. The second kappa shape index (κ2) is 5.63. The number of carbonyl (C=O) groups is 1. The van der Waals surface area contributed by atoms with E-state index in [-0.39, 0.29) is 5.72 Å². The highest BCUT2D eigenvalue weighted by atomic mass is 16.5. The van der Waals surface area contributed by atoms with E-state index in [4.69, 9.17) is 4.74 Å². The normalized spacial score (nSPS) is 24.3. The molecule has 0 amide bonds. The lowest BCUT2D eigenvalue weighted by Crippen LogP contribution is -2.44. The molecule has 1 aliphatic rings. The number of rotatable bonds is 5. The Balaban J connectivity index is 2.14. The number of carbonyl (C=O) groups excluding carboxylic acids is 1. The minimum atomic E-state index is -0.295. The Bertz CT molecular complexity index is 401. The highest BCUT2D eigenvalue weighted by Crippen LogP contribution is 2.30. The average molecular weight is 247 g/mol. The van der Waals surface area contributed by atoms with Crippen molar-refractivity contribution in [3.05, 3.63) is 35.4 Å². The molecule has 1 atom stereocenters. The van der Waals surface area contributed by atoms with Crippen molar-refractivity contribution in [3.8, 4) is 0 Å². The van der Waals surface area contributed by atoms with Gasteiger partial charge < -0.3 is 9.53 Å². The fraction of sp³-hybridized carbons (Fsp3) is 0.533. The molecular weight excluding hydrogens is 226 g/mol. The number of hydrogen-bond acceptors (Lipinski definition) is 3. The van der Waals surface area contributed by atoms with Crippen molar-refractivity contribution in [2.45, 2.75) is 31.9 Å². The highest BCUT2D eigenvalue weighted by molar-refractivity contribution is 5.49. The molecule has 1 saturated heterocycles. The van der Waals surface area contributed by atoms with Gasteiger partial charge in [-0.2, -0.15) is 0 Å². The van der Waals surface area contributed by atoms with Crippen LogP contribution in [0.1, 0.15) is 24.0 Å². The lowest BCUT2D eigenvalue weighted by atomic mass is 9.96. The molecule has 3 heteroatoms. The Morgan fingerprint density at radius 1 is 1.39 bits per heavy atom. The van der Waals surface area contributed by atoms with E-state index in [0.29, 0.717) is 6.42 Å². The van der Waals surface area contributed by atoms with Gasteiger partial charge >= 0.3 is 0 Å². The van der Waals surface area contributed by atoms with Crippen LogP contribution >= 0.6 is 0 Å². The van der Waals surface area contributed by atoms with Crippen LogP contribution in [0.3, 0.4) is 0 Å². The number of hydrogen-bond donors (Lipinski definition) is 0. The Morgan fingerprint density at radius 2 is 2.11 bits per heavy atom. The Labute approximate surface area is 109 Å². The van der Waals surface area contributed by atoms with Gasteiger partial charge in [0.2, 0.25) is 0 Å². The average Bonchev–Trinajstić information content (AvgIpc) is 2.72. The first-order valence-electron chi connectivity index (χ1n) is 6.51. The smallest absolute Gasteiger partial charge is 0.126 e. The van der Waals surface area contributed by atoms with Crippen LogP contribution in [0, 0.1) is 6.92 Å². The third-order valence-corrected chi connectivity index (χ3v) is 3.75. The Hall–Kier alpha value is -1.19. The molecule has 1 unspecified atom stereocenters. The van der Waals surface area contributed by atoms with E-state index in [1.165, 1.54) is 11.1 Å². The first-order valence-corrected chi connectivity index (χ1v) is 6.51. The van der Waals surface area contributed by atoms with Crippen LogP contribution in [0.25, 0.3) is 0 Å². The Kier molecular flexibility index (Phi) is 4.15. The zero-order valence-corrected chi connectivity index (χ0v) is 11.2. The number of aldehydes is 1. The first-order chi connectivity index (χ1) is 8.66. The monoisotopic (exact) mass is 247 g/mol. The summed E-state index contributed by atoms with van der Waals surface area (Å²) in [6.45, 7) is 3.77. The molecule has 1 fully saturated rings. The van der Waals surface area contributed by atoms with Crippen molar-refractivity contribution in [2.24, 2.45) is 0 Å². The fourth-order valence-corrected chi connectivity index (χ4v) is 2.53. The van der Waals surface area contributed by atoms with Crippen molar-refractivity contribution in [1.82, 2.24) is 4.90 Å². The van der Waals surface area contributed by atoms with E-state index < -0.39 is 0 Å². The summed E-state index contributed by atoms with van der Waals surface area (Å²) in [5, 5.41) is 0. The van der Waals surface area contributed by atoms with Crippen LogP contribution in [0.2, 0.25) is 0 Å². The molecule has 1 aliphatic heterocycles. The van der Waals surface area contributed by atoms with Gasteiger partial charge in [0.15, 0.2) is 0 Å².